The molecule has 1 aliphatic carbocycles. The Bertz CT molecular complexity index is 1060. The Morgan fingerprint density at radius 1 is 0.964 bits per heavy atom. The zero-order valence-corrected chi connectivity index (χ0v) is 15.4. The van der Waals surface area contributed by atoms with Crippen LogP contribution in [0.3, 0.4) is 0 Å². The fraction of sp³-hybridized carbons (Fsp3) is 0.0909. The Labute approximate surface area is 166 Å². The number of hydrogen-bond donors (Lipinski definition) is 2. The monoisotopic (exact) mass is 393 g/mol. The number of rotatable bonds is 4. The van der Waals surface area contributed by atoms with E-state index in [4.69, 9.17) is 22.1 Å². The number of carbonyl (C=O) groups is 2. The summed E-state index contributed by atoms with van der Waals surface area (Å²) in [4.78, 5) is 24.2. The number of ether oxygens (including phenoxy) is 1. The summed E-state index contributed by atoms with van der Waals surface area (Å²) in [5, 5.41) is 9.47. The maximum Gasteiger partial charge on any atom is 0.341 e. The maximum absolute atomic E-state index is 12.7. The number of hydrogen-bond acceptors (Lipinski definition) is 4. The van der Waals surface area contributed by atoms with E-state index in [2.05, 4.69) is 0 Å². The van der Waals surface area contributed by atoms with Crippen LogP contribution in [-0.2, 0) is 4.74 Å². The van der Waals surface area contributed by atoms with Crippen molar-refractivity contribution in [3.05, 3.63) is 87.9 Å². The lowest BCUT2D eigenvalue weighted by Gasteiger charge is -2.16. The minimum atomic E-state index is -1.27. The Morgan fingerprint density at radius 3 is 2.11 bits per heavy atom. The SMILES string of the molecule is Nc1c(Cl)ccc(C(=O)O)c1C(=O)OCC1c2ccccc2-c2ccccc21. The molecule has 0 saturated heterocycles. The average molecular weight is 394 g/mol. The van der Waals surface area contributed by atoms with Gasteiger partial charge in [0, 0.05) is 5.92 Å². The Hall–Kier alpha value is -3.31. The molecule has 0 aromatic heterocycles. The quantitative estimate of drug-likeness (QED) is 0.499. The lowest BCUT2D eigenvalue weighted by Crippen LogP contribution is -2.17. The third kappa shape index (κ3) is 2.90. The van der Waals surface area contributed by atoms with E-state index in [1.54, 1.807) is 0 Å². The van der Waals surface area contributed by atoms with Gasteiger partial charge in [0.25, 0.3) is 0 Å². The third-order valence-corrected chi connectivity index (χ3v) is 5.30. The van der Waals surface area contributed by atoms with Crippen molar-refractivity contribution in [2.75, 3.05) is 12.3 Å². The molecular weight excluding hydrogens is 378 g/mol. The van der Waals surface area contributed by atoms with Gasteiger partial charge in [-0.05, 0) is 34.4 Å². The van der Waals surface area contributed by atoms with E-state index < -0.39 is 11.9 Å². The van der Waals surface area contributed by atoms with Gasteiger partial charge in [-0.3, -0.25) is 0 Å². The first-order chi connectivity index (χ1) is 13.5. The fourth-order valence-corrected chi connectivity index (χ4v) is 3.82. The van der Waals surface area contributed by atoms with Crippen LogP contribution >= 0.6 is 11.6 Å². The molecule has 0 bridgehead atoms. The number of carbonyl (C=O) groups excluding carboxylic acids is 1. The first-order valence-electron chi connectivity index (χ1n) is 8.65. The highest BCUT2D eigenvalue weighted by Crippen LogP contribution is 2.44. The maximum atomic E-state index is 12.7. The van der Waals surface area contributed by atoms with Crippen molar-refractivity contribution in [3.8, 4) is 11.1 Å². The standard InChI is InChI=1S/C22H16ClNO4/c23-18-10-9-16(21(25)26)19(20(18)24)22(27)28-11-17-14-7-3-1-5-12(14)13-6-2-4-8-15(13)17/h1-10,17H,11,24H2,(H,25,26). The summed E-state index contributed by atoms with van der Waals surface area (Å²) in [5.74, 6) is -2.21. The van der Waals surface area contributed by atoms with Crippen molar-refractivity contribution in [2.45, 2.75) is 5.92 Å². The van der Waals surface area contributed by atoms with Crippen molar-refractivity contribution in [1.29, 1.82) is 0 Å². The van der Waals surface area contributed by atoms with Crippen LogP contribution in [0.4, 0.5) is 5.69 Å². The number of carboxylic acid groups (broad SMARTS) is 1. The number of carboxylic acids is 1. The lowest BCUT2D eigenvalue weighted by atomic mass is 9.98. The molecule has 4 rings (SSSR count). The first kappa shape index (κ1) is 18.1. The number of nitrogen functional groups attached to an aromatic ring is 1. The van der Waals surface area contributed by atoms with E-state index >= 15 is 0 Å². The molecule has 0 heterocycles. The van der Waals surface area contributed by atoms with Crippen LogP contribution < -0.4 is 5.73 Å². The molecule has 0 spiro atoms. The first-order valence-corrected chi connectivity index (χ1v) is 9.03. The number of nitrogens with two attached hydrogens (primary N) is 1. The largest absolute Gasteiger partial charge is 0.478 e. The van der Waals surface area contributed by atoms with Crippen LogP contribution in [0.15, 0.2) is 60.7 Å². The minimum absolute atomic E-state index is 0.0673. The molecule has 0 aliphatic heterocycles. The van der Waals surface area contributed by atoms with Crippen LogP contribution in [0.2, 0.25) is 5.02 Å². The van der Waals surface area contributed by atoms with E-state index in [0.29, 0.717) is 0 Å². The molecule has 0 fully saturated rings. The van der Waals surface area contributed by atoms with Gasteiger partial charge in [0.05, 0.1) is 21.8 Å². The molecule has 0 saturated carbocycles. The molecule has 1 aliphatic rings. The van der Waals surface area contributed by atoms with Crippen molar-refractivity contribution in [2.24, 2.45) is 0 Å². The molecule has 3 aromatic carbocycles. The van der Waals surface area contributed by atoms with Gasteiger partial charge in [0.15, 0.2) is 0 Å². The molecule has 3 aromatic rings. The predicted octanol–water partition coefficient (Wildman–Crippen LogP) is 4.59. The van der Waals surface area contributed by atoms with E-state index in [1.807, 2.05) is 48.5 Å². The number of anilines is 1. The molecule has 0 unspecified atom stereocenters. The van der Waals surface area contributed by atoms with Crippen LogP contribution in [0.1, 0.15) is 37.8 Å². The highest BCUT2D eigenvalue weighted by molar-refractivity contribution is 6.34. The second kappa shape index (κ2) is 7.02. The van der Waals surface area contributed by atoms with Gasteiger partial charge in [-0.25, -0.2) is 9.59 Å². The molecule has 140 valence electrons. The van der Waals surface area contributed by atoms with Gasteiger partial charge in [-0.15, -0.1) is 0 Å². The second-order valence-electron chi connectivity index (χ2n) is 6.51. The van der Waals surface area contributed by atoms with E-state index in [-0.39, 0.29) is 34.4 Å². The van der Waals surface area contributed by atoms with Crippen LogP contribution in [-0.4, -0.2) is 23.7 Å². The molecular formula is C22H16ClNO4. The van der Waals surface area contributed by atoms with Crippen LogP contribution in [0, 0.1) is 0 Å². The highest BCUT2D eigenvalue weighted by Gasteiger charge is 2.30. The number of aromatic carboxylic acids is 1. The topological polar surface area (TPSA) is 89.6 Å². The van der Waals surface area contributed by atoms with E-state index in [0.717, 1.165) is 22.3 Å². The van der Waals surface area contributed by atoms with E-state index in [9.17, 15) is 14.7 Å². The number of halogens is 1. The summed E-state index contributed by atoms with van der Waals surface area (Å²) in [6, 6.07) is 18.5. The smallest absolute Gasteiger partial charge is 0.341 e. The molecule has 3 N–H and O–H groups in total. The van der Waals surface area contributed by atoms with Crippen molar-refractivity contribution in [1.82, 2.24) is 0 Å². The predicted molar refractivity (Wildman–Crippen MR) is 107 cm³/mol. The van der Waals surface area contributed by atoms with Crippen molar-refractivity contribution >= 4 is 29.2 Å². The van der Waals surface area contributed by atoms with Crippen molar-refractivity contribution < 1.29 is 19.4 Å². The number of benzene rings is 3. The lowest BCUT2D eigenvalue weighted by molar-refractivity contribution is 0.0485. The normalized spacial score (nSPS) is 12.3. The van der Waals surface area contributed by atoms with E-state index in [1.165, 1.54) is 12.1 Å². The summed E-state index contributed by atoms with van der Waals surface area (Å²) < 4.78 is 5.51. The third-order valence-electron chi connectivity index (χ3n) is 4.97. The summed E-state index contributed by atoms with van der Waals surface area (Å²) >= 11 is 5.97. The Kier molecular flexibility index (Phi) is 4.53. The molecule has 0 amide bonds. The summed E-state index contributed by atoms with van der Waals surface area (Å²) in [5.41, 5.74) is 9.64. The van der Waals surface area contributed by atoms with Gasteiger partial charge in [0.2, 0.25) is 0 Å². The van der Waals surface area contributed by atoms with Crippen LogP contribution in [0.25, 0.3) is 11.1 Å². The number of fused-ring (bicyclic) bond motifs is 3. The Morgan fingerprint density at radius 2 is 1.54 bits per heavy atom. The van der Waals surface area contributed by atoms with Gasteiger partial charge in [-0.2, -0.15) is 0 Å². The fourth-order valence-electron chi connectivity index (χ4n) is 3.66. The summed E-state index contributed by atoms with van der Waals surface area (Å²) in [6.07, 6.45) is 0. The highest BCUT2D eigenvalue weighted by atomic mass is 35.5. The van der Waals surface area contributed by atoms with Crippen molar-refractivity contribution in [3.63, 3.8) is 0 Å². The Balaban J connectivity index is 1.65. The molecule has 0 radical (unpaired) electrons. The van der Waals surface area contributed by atoms with Crippen LogP contribution in [0.5, 0.6) is 0 Å². The molecule has 28 heavy (non-hydrogen) atoms. The average Bonchev–Trinajstić information content (AvgIpc) is 3.02. The number of esters is 1. The van der Waals surface area contributed by atoms with Gasteiger partial charge in [0.1, 0.15) is 6.61 Å². The van der Waals surface area contributed by atoms with Gasteiger partial charge >= 0.3 is 11.9 Å². The zero-order valence-electron chi connectivity index (χ0n) is 14.7. The summed E-state index contributed by atoms with van der Waals surface area (Å²) in [6.45, 7) is 0.0673. The molecule has 0 atom stereocenters. The molecule has 5 nitrogen and oxygen atoms in total. The second-order valence-corrected chi connectivity index (χ2v) is 6.92. The molecule has 6 heteroatoms. The minimum Gasteiger partial charge on any atom is -0.478 e. The zero-order chi connectivity index (χ0) is 19.8. The van der Waals surface area contributed by atoms with Gasteiger partial charge < -0.3 is 15.6 Å². The summed E-state index contributed by atoms with van der Waals surface area (Å²) in [7, 11) is 0. The van der Waals surface area contributed by atoms with Gasteiger partial charge in [-0.1, -0.05) is 60.1 Å².